The topological polar surface area (TPSA) is 95.6 Å². The first kappa shape index (κ1) is 16.0. The van der Waals surface area contributed by atoms with E-state index >= 15 is 0 Å². The predicted octanol–water partition coefficient (Wildman–Crippen LogP) is 2.22. The zero-order valence-electron chi connectivity index (χ0n) is 14.9. The van der Waals surface area contributed by atoms with E-state index in [-0.39, 0.29) is 0 Å². The van der Waals surface area contributed by atoms with E-state index in [0.717, 1.165) is 22.5 Å². The highest BCUT2D eigenvalue weighted by atomic mass is 16.5. The maximum Gasteiger partial charge on any atom is 0.180 e. The van der Waals surface area contributed by atoms with Crippen molar-refractivity contribution in [2.45, 2.75) is 6.92 Å². The number of hydrogen-bond donors (Lipinski definition) is 1. The molecule has 4 heterocycles. The van der Waals surface area contributed by atoms with Gasteiger partial charge in [-0.1, -0.05) is 0 Å². The Morgan fingerprint density at radius 3 is 2.73 bits per heavy atom. The van der Waals surface area contributed by atoms with Crippen LogP contribution in [-0.4, -0.2) is 41.6 Å². The van der Waals surface area contributed by atoms with Crippen LogP contribution in [0, 0.1) is 6.92 Å². The lowest BCUT2D eigenvalue weighted by Crippen LogP contribution is -2.02. The van der Waals surface area contributed by atoms with Crippen LogP contribution in [0.2, 0.25) is 0 Å². The summed E-state index contributed by atoms with van der Waals surface area (Å²) in [7, 11) is 5.32. The van der Waals surface area contributed by atoms with E-state index in [2.05, 4.69) is 30.5 Å². The summed E-state index contributed by atoms with van der Waals surface area (Å²) in [6, 6.07) is 5.57. The van der Waals surface area contributed by atoms with E-state index in [1.54, 1.807) is 28.9 Å². The number of anilines is 2. The number of hydrogen-bond acceptors (Lipinski definition) is 7. The van der Waals surface area contributed by atoms with Gasteiger partial charge < -0.3 is 10.1 Å². The summed E-state index contributed by atoms with van der Waals surface area (Å²) in [6.07, 6.45) is 3.46. The van der Waals surface area contributed by atoms with Crippen molar-refractivity contribution in [2.24, 2.45) is 14.1 Å². The van der Waals surface area contributed by atoms with Gasteiger partial charge in [0, 0.05) is 38.1 Å². The lowest BCUT2D eigenvalue weighted by Gasteiger charge is -2.08. The first-order chi connectivity index (χ1) is 12.5. The Morgan fingerprint density at radius 2 is 1.96 bits per heavy atom. The number of pyridine rings is 1. The molecule has 0 bridgehead atoms. The number of rotatable bonds is 4. The van der Waals surface area contributed by atoms with Gasteiger partial charge in [0.05, 0.1) is 18.7 Å². The van der Waals surface area contributed by atoms with Crippen molar-refractivity contribution in [3.05, 3.63) is 36.3 Å². The number of aromatic nitrogens is 7. The summed E-state index contributed by atoms with van der Waals surface area (Å²) < 4.78 is 8.89. The Bertz CT molecular complexity index is 1100. The summed E-state index contributed by atoms with van der Waals surface area (Å²) in [5.41, 5.74) is 2.31. The number of aryl methyl sites for hydroxylation is 3. The summed E-state index contributed by atoms with van der Waals surface area (Å²) >= 11 is 0. The summed E-state index contributed by atoms with van der Waals surface area (Å²) in [6.45, 7) is 1.92. The van der Waals surface area contributed by atoms with Crippen LogP contribution < -0.4 is 10.1 Å². The molecule has 4 rings (SSSR count). The van der Waals surface area contributed by atoms with Gasteiger partial charge in [0.25, 0.3) is 0 Å². The Morgan fingerprint density at radius 1 is 1.12 bits per heavy atom. The van der Waals surface area contributed by atoms with Crippen molar-refractivity contribution >= 4 is 22.7 Å². The van der Waals surface area contributed by atoms with E-state index < -0.39 is 0 Å². The third-order valence-corrected chi connectivity index (χ3v) is 4.05. The Kier molecular flexibility index (Phi) is 3.76. The molecule has 0 atom stereocenters. The average Bonchev–Trinajstić information content (AvgIpc) is 3.18. The predicted molar refractivity (Wildman–Crippen MR) is 97.3 cm³/mol. The minimum absolute atomic E-state index is 0.585. The smallest absolute Gasteiger partial charge is 0.180 e. The van der Waals surface area contributed by atoms with E-state index in [1.807, 2.05) is 39.2 Å². The fraction of sp³-hybridized carbons (Fsp3) is 0.235. The van der Waals surface area contributed by atoms with Crippen LogP contribution in [0.3, 0.4) is 0 Å². The second-order valence-corrected chi connectivity index (χ2v) is 5.90. The highest BCUT2D eigenvalue weighted by Crippen LogP contribution is 2.29. The van der Waals surface area contributed by atoms with Gasteiger partial charge in [-0.25, -0.2) is 15.0 Å². The van der Waals surface area contributed by atoms with Crippen molar-refractivity contribution in [1.82, 2.24) is 34.5 Å². The van der Waals surface area contributed by atoms with E-state index in [0.29, 0.717) is 23.1 Å². The SMILES string of the molecule is COc1cc(Nc2cc(-c3nccc(C)n3)nn2C)nc2c1cnn2C. The minimum Gasteiger partial charge on any atom is -0.496 e. The highest BCUT2D eigenvalue weighted by Gasteiger charge is 2.14. The summed E-state index contributed by atoms with van der Waals surface area (Å²) in [5, 5.41) is 12.9. The van der Waals surface area contributed by atoms with Crippen LogP contribution >= 0.6 is 0 Å². The summed E-state index contributed by atoms with van der Waals surface area (Å²) in [4.78, 5) is 13.3. The molecule has 9 nitrogen and oxygen atoms in total. The van der Waals surface area contributed by atoms with E-state index in [1.165, 1.54) is 0 Å². The normalized spacial score (nSPS) is 11.1. The summed E-state index contributed by atoms with van der Waals surface area (Å²) in [5.74, 6) is 2.69. The van der Waals surface area contributed by atoms with Crippen LogP contribution in [0.15, 0.2) is 30.6 Å². The molecule has 0 amide bonds. The van der Waals surface area contributed by atoms with Crippen LogP contribution in [0.5, 0.6) is 5.75 Å². The van der Waals surface area contributed by atoms with E-state index in [9.17, 15) is 0 Å². The highest BCUT2D eigenvalue weighted by molar-refractivity contribution is 5.84. The van der Waals surface area contributed by atoms with Crippen molar-refractivity contribution in [3.63, 3.8) is 0 Å². The van der Waals surface area contributed by atoms with Gasteiger partial charge in [-0.15, -0.1) is 0 Å². The van der Waals surface area contributed by atoms with Gasteiger partial charge in [0.15, 0.2) is 11.5 Å². The molecule has 26 heavy (non-hydrogen) atoms. The zero-order chi connectivity index (χ0) is 18.3. The van der Waals surface area contributed by atoms with Crippen molar-refractivity contribution in [1.29, 1.82) is 0 Å². The lowest BCUT2D eigenvalue weighted by atomic mass is 10.3. The molecule has 1 N–H and O–H groups in total. The maximum absolute atomic E-state index is 5.46. The quantitative estimate of drug-likeness (QED) is 0.603. The van der Waals surface area contributed by atoms with Crippen LogP contribution in [-0.2, 0) is 14.1 Å². The van der Waals surface area contributed by atoms with Crippen molar-refractivity contribution in [2.75, 3.05) is 12.4 Å². The number of methoxy groups -OCH3 is 1. The molecule has 0 aliphatic heterocycles. The molecular formula is C17H18N8O. The molecule has 0 spiro atoms. The van der Waals surface area contributed by atoms with Gasteiger partial charge in [-0.2, -0.15) is 10.2 Å². The molecule has 0 saturated carbocycles. The van der Waals surface area contributed by atoms with Crippen molar-refractivity contribution in [3.8, 4) is 17.3 Å². The standard InChI is InChI=1S/C17H18N8O/c1-10-5-6-18-16(20-10)12-7-15(24(2)23-12)21-14-8-13(26-4)11-9-19-25(3)17(11)22-14/h5-9H,1-4H3,(H,21,22). The molecule has 0 aromatic carbocycles. The van der Waals surface area contributed by atoms with Crippen LogP contribution in [0.25, 0.3) is 22.6 Å². The fourth-order valence-corrected chi connectivity index (χ4v) is 2.72. The molecular weight excluding hydrogens is 332 g/mol. The number of nitrogens with zero attached hydrogens (tertiary/aromatic N) is 7. The van der Waals surface area contributed by atoms with Gasteiger partial charge in [-0.05, 0) is 13.0 Å². The molecule has 0 fully saturated rings. The Labute approximate surface area is 149 Å². The molecule has 4 aromatic rings. The van der Waals surface area contributed by atoms with Crippen molar-refractivity contribution < 1.29 is 4.74 Å². The molecule has 0 unspecified atom stereocenters. The monoisotopic (exact) mass is 350 g/mol. The first-order valence-corrected chi connectivity index (χ1v) is 8.03. The molecule has 132 valence electrons. The van der Waals surface area contributed by atoms with E-state index in [4.69, 9.17) is 4.74 Å². The minimum atomic E-state index is 0.585. The maximum atomic E-state index is 5.46. The third-order valence-electron chi connectivity index (χ3n) is 4.05. The molecule has 4 aromatic heterocycles. The molecule has 0 saturated heterocycles. The van der Waals surface area contributed by atoms with Gasteiger partial charge in [0.2, 0.25) is 0 Å². The van der Waals surface area contributed by atoms with Gasteiger partial charge >= 0.3 is 0 Å². The second-order valence-electron chi connectivity index (χ2n) is 5.90. The average molecular weight is 350 g/mol. The largest absolute Gasteiger partial charge is 0.496 e. The number of fused-ring (bicyclic) bond motifs is 1. The van der Waals surface area contributed by atoms with Gasteiger partial charge in [0.1, 0.15) is 23.1 Å². The lowest BCUT2D eigenvalue weighted by molar-refractivity contribution is 0.419. The fourth-order valence-electron chi connectivity index (χ4n) is 2.72. The van der Waals surface area contributed by atoms with Gasteiger partial charge in [-0.3, -0.25) is 9.36 Å². The molecule has 0 aliphatic carbocycles. The zero-order valence-corrected chi connectivity index (χ0v) is 14.9. The Hall–Kier alpha value is -3.49. The Balaban J connectivity index is 1.72. The first-order valence-electron chi connectivity index (χ1n) is 8.03. The third kappa shape index (κ3) is 2.73. The van der Waals surface area contributed by atoms with Crippen LogP contribution in [0.1, 0.15) is 5.69 Å². The number of ether oxygens (including phenoxy) is 1. The number of nitrogens with one attached hydrogen (secondary N) is 1. The second kappa shape index (κ2) is 6.10. The molecule has 0 aliphatic rings. The molecule has 0 radical (unpaired) electrons. The van der Waals surface area contributed by atoms with Crippen LogP contribution in [0.4, 0.5) is 11.6 Å². The molecule has 9 heteroatoms.